The predicted molar refractivity (Wildman–Crippen MR) is 54.7 cm³/mol. The Labute approximate surface area is 82.6 Å². The van der Waals surface area contributed by atoms with E-state index in [1.807, 2.05) is 0 Å². The lowest BCUT2D eigenvalue weighted by atomic mass is 10.3. The molecule has 5 heteroatoms. The van der Waals surface area contributed by atoms with E-state index < -0.39 is 0 Å². The molecule has 1 amide bonds. The number of thioether (sulfide) groups is 1. The number of hydrogen-bond donors (Lipinski definition) is 2. The van der Waals surface area contributed by atoms with Gasteiger partial charge in [0.05, 0.1) is 6.54 Å². The third-order valence-electron chi connectivity index (χ3n) is 1.37. The van der Waals surface area contributed by atoms with E-state index in [4.69, 9.17) is 5.73 Å². The highest BCUT2D eigenvalue weighted by Gasteiger charge is 1.97. The zero-order chi connectivity index (χ0) is 10.1. The molecule has 0 saturated heterocycles. The van der Waals surface area contributed by atoms with Crippen molar-refractivity contribution < 1.29 is 9.59 Å². The Hall–Kier alpha value is -0.550. The Balaban J connectivity index is 3.08. The molecule has 0 unspecified atom stereocenters. The van der Waals surface area contributed by atoms with Gasteiger partial charge in [-0.3, -0.25) is 9.59 Å². The number of rotatable bonds is 7. The molecule has 0 aromatic carbocycles. The number of hydrogen-bond acceptors (Lipinski definition) is 4. The standard InChI is InChI=1S/C8H16N2O2S/c1-7(11)10-3-5-13-4-2-8(12)6-9/h2-6,9H2,1H3,(H,10,11). The summed E-state index contributed by atoms with van der Waals surface area (Å²) in [6.07, 6.45) is 0.529. The topological polar surface area (TPSA) is 72.2 Å². The van der Waals surface area contributed by atoms with Crippen LogP contribution in [0.25, 0.3) is 0 Å². The summed E-state index contributed by atoms with van der Waals surface area (Å²) in [5.74, 6) is 1.71. The number of nitrogens with two attached hydrogens (primary N) is 1. The monoisotopic (exact) mass is 204 g/mol. The van der Waals surface area contributed by atoms with Crippen molar-refractivity contribution in [2.24, 2.45) is 5.73 Å². The summed E-state index contributed by atoms with van der Waals surface area (Å²) in [6.45, 7) is 2.28. The van der Waals surface area contributed by atoms with Crippen molar-refractivity contribution >= 4 is 23.5 Å². The fraction of sp³-hybridized carbons (Fsp3) is 0.750. The minimum absolute atomic E-state index is 0.0152. The van der Waals surface area contributed by atoms with Gasteiger partial charge in [0.1, 0.15) is 5.78 Å². The molecule has 0 aliphatic rings. The fourth-order valence-corrected chi connectivity index (χ4v) is 1.51. The Bertz CT molecular complexity index is 174. The average Bonchev–Trinajstić information content (AvgIpc) is 2.10. The molecular weight excluding hydrogens is 188 g/mol. The van der Waals surface area contributed by atoms with E-state index in [1.54, 1.807) is 11.8 Å². The molecule has 76 valence electrons. The van der Waals surface area contributed by atoms with Crippen LogP contribution >= 0.6 is 11.8 Å². The van der Waals surface area contributed by atoms with Gasteiger partial charge in [-0.05, 0) is 0 Å². The van der Waals surface area contributed by atoms with Crippen LogP contribution in [0.1, 0.15) is 13.3 Å². The van der Waals surface area contributed by atoms with E-state index >= 15 is 0 Å². The van der Waals surface area contributed by atoms with Gasteiger partial charge in [0.15, 0.2) is 0 Å². The normalized spacial score (nSPS) is 9.69. The molecule has 0 aromatic rings. The van der Waals surface area contributed by atoms with Crippen molar-refractivity contribution in [3.05, 3.63) is 0 Å². The molecule has 13 heavy (non-hydrogen) atoms. The van der Waals surface area contributed by atoms with Crippen LogP contribution in [-0.2, 0) is 9.59 Å². The minimum Gasteiger partial charge on any atom is -0.356 e. The summed E-state index contributed by atoms with van der Waals surface area (Å²) in [6, 6.07) is 0. The maximum absolute atomic E-state index is 10.7. The summed E-state index contributed by atoms with van der Waals surface area (Å²) in [5, 5.41) is 2.68. The SMILES string of the molecule is CC(=O)NCCSCCC(=O)CN. The third kappa shape index (κ3) is 9.36. The maximum atomic E-state index is 10.7. The Morgan fingerprint density at radius 1 is 1.38 bits per heavy atom. The van der Waals surface area contributed by atoms with Gasteiger partial charge < -0.3 is 11.1 Å². The molecule has 4 nitrogen and oxygen atoms in total. The first-order valence-electron chi connectivity index (χ1n) is 4.20. The second kappa shape index (κ2) is 8.07. The quantitative estimate of drug-likeness (QED) is 0.562. The first-order chi connectivity index (χ1) is 6.16. The van der Waals surface area contributed by atoms with Crippen LogP contribution in [-0.4, -0.2) is 36.3 Å². The zero-order valence-electron chi connectivity index (χ0n) is 7.84. The van der Waals surface area contributed by atoms with Crippen LogP contribution < -0.4 is 11.1 Å². The highest BCUT2D eigenvalue weighted by molar-refractivity contribution is 7.99. The van der Waals surface area contributed by atoms with Gasteiger partial charge in [0.2, 0.25) is 5.91 Å². The average molecular weight is 204 g/mol. The minimum atomic E-state index is -0.0152. The van der Waals surface area contributed by atoms with E-state index in [1.165, 1.54) is 6.92 Å². The molecule has 0 radical (unpaired) electrons. The van der Waals surface area contributed by atoms with E-state index in [0.29, 0.717) is 13.0 Å². The van der Waals surface area contributed by atoms with Gasteiger partial charge in [0.25, 0.3) is 0 Å². The number of carbonyl (C=O) groups is 2. The maximum Gasteiger partial charge on any atom is 0.216 e. The lowest BCUT2D eigenvalue weighted by Gasteiger charge is -2.01. The van der Waals surface area contributed by atoms with E-state index in [2.05, 4.69) is 5.32 Å². The fourth-order valence-electron chi connectivity index (χ4n) is 0.689. The number of Topliss-reactive ketones (excluding diaryl/α,β-unsaturated/α-hetero) is 1. The highest BCUT2D eigenvalue weighted by atomic mass is 32.2. The van der Waals surface area contributed by atoms with Crippen molar-refractivity contribution in [1.82, 2.24) is 5.32 Å². The van der Waals surface area contributed by atoms with Crippen molar-refractivity contribution in [2.45, 2.75) is 13.3 Å². The Kier molecular flexibility index (Phi) is 7.73. The van der Waals surface area contributed by atoms with Crippen LogP contribution in [0.5, 0.6) is 0 Å². The van der Waals surface area contributed by atoms with Crippen molar-refractivity contribution in [1.29, 1.82) is 0 Å². The van der Waals surface area contributed by atoms with E-state index in [9.17, 15) is 9.59 Å². The molecule has 0 rings (SSSR count). The smallest absolute Gasteiger partial charge is 0.216 e. The van der Waals surface area contributed by atoms with Gasteiger partial charge in [0, 0.05) is 31.4 Å². The first-order valence-corrected chi connectivity index (χ1v) is 5.36. The van der Waals surface area contributed by atoms with Crippen molar-refractivity contribution in [2.75, 3.05) is 24.6 Å². The van der Waals surface area contributed by atoms with Crippen LogP contribution in [0.3, 0.4) is 0 Å². The summed E-state index contributed by atoms with van der Waals surface area (Å²) in [7, 11) is 0. The van der Waals surface area contributed by atoms with Crippen molar-refractivity contribution in [3.8, 4) is 0 Å². The van der Waals surface area contributed by atoms with Crippen LogP contribution in [0.2, 0.25) is 0 Å². The van der Waals surface area contributed by atoms with Crippen LogP contribution in [0.4, 0.5) is 0 Å². The predicted octanol–water partition coefficient (Wildman–Crippen LogP) is -0.226. The molecule has 0 aromatic heterocycles. The van der Waals surface area contributed by atoms with E-state index in [-0.39, 0.29) is 18.2 Å². The second-order valence-corrected chi connectivity index (χ2v) is 3.81. The molecule has 0 fully saturated rings. The largest absolute Gasteiger partial charge is 0.356 e. The Morgan fingerprint density at radius 2 is 2.08 bits per heavy atom. The van der Waals surface area contributed by atoms with Gasteiger partial charge in [-0.25, -0.2) is 0 Å². The zero-order valence-corrected chi connectivity index (χ0v) is 8.65. The van der Waals surface area contributed by atoms with Crippen LogP contribution in [0.15, 0.2) is 0 Å². The highest BCUT2D eigenvalue weighted by Crippen LogP contribution is 2.00. The second-order valence-electron chi connectivity index (χ2n) is 2.59. The number of carbonyl (C=O) groups excluding carboxylic acids is 2. The molecule has 0 atom stereocenters. The lowest BCUT2D eigenvalue weighted by Crippen LogP contribution is -2.22. The molecule has 0 aliphatic carbocycles. The van der Waals surface area contributed by atoms with Crippen LogP contribution in [0, 0.1) is 0 Å². The molecule has 3 N–H and O–H groups in total. The summed E-state index contributed by atoms with van der Waals surface area (Å²) >= 11 is 1.65. The molecule has 0 heterocycles. The number of ketones is 1. The van der Waals surface area contributed by atoms with Gasteiger partial charge in [-0.15, -0.1) is 0 Å². The van der Waals surface area contributed by atoms with E-state index in [0.717, 1.165) is 11.5 Å². The molecular formula is C8H16N2O2S. The molecule has 0 saturated carbocycles. The molecule has 0 spiro atoms. The van der Waals surface area contributed by atoms with Crippen molar-refractivity contribution in [3.63, 3.8) is 0 Å². The molecule has 0 bridgehead atoms. The van der Waals surface area contributed by atoms with Gasteiger partial charge >= 0.3 is 0 Å². The Morgan fingerprint density at radius 3 is 2.62 bits per heavy atom. The summed E-state index contributed by atoms with van der Waals surface area (Å²) in [4.78, 5) is 21.2. The summed E-state index contributed by atoms with van der Waals surface area (Å²) in [5.41, 5.74) is 5.14. The third-order valence-corrected chi connectivity index (χ3v) is 2.36. The van der Waals surface area contributed by atoms with Gasteiger partial charge in [-0.1, -0.05) is 0 Å². The lowest BCUT2D eigenvalue weighted by molar-refractivity contribution is -0.119. The first kappa shape index (κ1) is 12.4. The number of amides is 1. The summed E-state index contributed by atoms with van der Waals surface area (Å²) < 4.78 is 0. The number of nitrogens with one attached hydrogen (secondary N) is 1. The molecule has 0 aliphatic heterocycles. The van der Waals surface area contributed by atoms with Gasteiger partial charge in [-0.2, -0.15) is 11.8 Å².